The second kappa shape index (κ2) is 4.07. The van der Waals surface area contributed by atoms with E-state index < -0.39 is 9.84 Å². The van der Waals surface area contributed by atoms with Gasteiger partial charge >= 0.3 is 0 Å². The summed E-state index contributed by atoms with van der Waals surface area (Å²) in [5, 5.41) is 0. The van der Waals surface area contributed by atoms with Gasteiger partial charge in [-0.1, -0.05) is 40.7 Å². The highest BCUT2D eigenvalue weighted by atomic mass is 79.9. The molecule has 0 bridgehead atoms. The molecule has 0 aliphatic rings. The molecule has 0 spiro atoms. The van der Waals surface area contributed by atoms with Crippen LogP contribution in [0, 0.1) is 0 Å². The van der Waals surface area contributed by atoms with Crippen LogP contribution in [0.15, 0.2) is 46.3 Å². The lowest BCUT2D eigenvalue weighted by molar-refractivity contribution is 0.599. The molecule has 0 aromatic heterocycles. The maximum Gasteiger partial charge on any atom is 0.183 e. The average molecular weight is 261 g/mol. The molecule has 13 heavy (non-hydrogen) atoms. The van der Waals surface area contributed by atoms with Crippen LogP contribution in [0.2, 0.25) is 0 Å². The predicted octanol–water partition coefficient (Wildman–Crippen LogP) is 2.37. The molecule has 70 valence electrons. The van der Waals surface area contributed by atoms with Crippen LogP contribution in [0.1, 0.15) is 0 Å². The molecule has 0 heterocycles. The van der Waals surface area contributed by atoms with Crippen LogP contribution in [0.4, 0.5) is 0 Å². The van der Waals surface area contributed by atoms with E-state index in [1.807, 2.05) is 0 Å². The zero-order chi connectivity index (χ0) is 9.90. The van der Waals surface area contributed by atoms with E-state index in [4.69, 9.17) is 0 Å². The van der Waals surface area contributed by atoms with E-state index in [0.29, 0.717) is 9.38 Å². The van der Waals surface area contributed by atoms with Crippen molar-refractivity contribution in [3.8, 4) is 0 Å². The Balaban J connectivity index is 3.02. The molecule has 0 radical (unpaired) electrons. The molecule has 0 aliphatic carbocycles. The Morgan fingerprint density at radius 1 is 1.31 bits per heavy atom. The van der Waals surface area contributed by atoms with Gasteiger partial charge in [-0.15, -0.1) is 0 Å². The van der Waals surface area contributed by atoms with Gasteiger partial charge in [0, 0.05) is 4.48 Å². The molecule has 2 nitrogen and oxygen atoms in total. The fraction of sp³-hybridized carbons (Fsp3) is 0.111. The molecule has 0 saturated carbocycles. The first-order valence-corrected chi connectivity index (χ1v) is 6.08. The lowest BCUT2D eigenvalue weighted by Crippen LogP contribution is -2.05. The fourth-order valence-corrected chi connectivity index (χ4v) is 2.97. The second-order valence-corrected chi connectivity index (χ2v) is 5.70. The summed E-state index contributed by atoms with van der Waals surface area (Å²) in [6, 6.07) is 8.33. The van der Waals surface area contributed by atoms with Gasteiger partial charge in [-0.2, -0.15) is 0 Å². The van der Waals surface area contributed by atoms with E-state index in [1.165, 1.54) is 0 Å². The summed E-state index contributed by atoms with van der Waals surface area (Å²) < 4.78 is 23.6. The Bertz CT molecular complexity index is 395. The third kappa shape index (κ3) is 2.97. The predicted molar refractivity (Wildman–Crippen MR) is 56.6 cm³/mol. The van der Waals surface area contributed by atoms with E-state index in [-0.39, 0.29) is 5.75 Å². The first-order chi connectivity index (χ1) is 6.02. The molecule has 4 heteroatoms. The molecular formula is C9H9BrO2S. The zero-order valence-corrected chi connectivity index (χ0v) is 9.31. The minimum Gasteiger partial charge on any atom is -0.223 e. The molecule has 0 unspecified atom stereocenters. The van der Waals surface area contributed by atoms with Gasteiger partial charge in [0.1, 0.15) is 0 Å². The molecule has 0 aliphatic heterocycles. The van der Waals surface area contributed by atoms with Crippen molar-refractivity contribution in [1.82, 2.24) is 0 Å². The fourth-order valence-electron chi connectivity index (χ4n) is 0.917. The van der Waals surface area contributed by atoms with Crippen molar-refractivity contribution in [2.75, 3.05) is 5.75 Å². The molecule has 0 N–H and O–H groups in total. The van der Waals surface area contributed by atoms with E-state index in [9.17, 15) is 8.42 Å². The van der Waals surface area contributed by atoms with Crippen molar-refractivity contribution in [3.05, 3.63) is 41.4 Å². The number of benzene rings is 1. The summed E-state index contributed by atoms with van der Waals surface area (Å²) in [6.45, 7) is 3.50. The van der Waals surface area contributed by atoms with Crippen LogP contribution >= 0.6 is 15.9 Å². The van der Waals surface area contributed by atoms with Crippen LogP contribution < -0.4 is 0 Å². The Labute approximate surface area is 86.3 Å². The van der Waals surface area contributed by atoms with E-state index in [1.54, 1.807) is 30.3 Å². The largest absolute Gasteiger partial charge is 0.223 e. The first kappa shape index (κ1) is 10.5. The van der Waals surface area contributed by atoms with E-state index in [0.717, 1.165) is 0 Å². The molecule has 1 rings (SSSR count). The molecule has 1 aromatic rings. The smallest absolute Gasteiger partial charge is 0.183 e. The topological polar surface area (TPSA) is 34.1 Å². The van der Waals surface area contributed by atoms with Gasteiger partial charge in [0.25, 0.3) is 0 Å². The normalized spacial score (nSPS) is 11.2. The lowest BCUT2D eigenvalue weighted by Gasteiger charge is -2.01. The van der Waals surface area contributed by atoms with Crippen molar-refractivity contribution < 1.29 is 8.42 Å². The standard InChI is InChI=1S/C9H9BrO2S/c1-8(10)7-13(11,12)9-5-3-2-4-6-9/h2-6H,1,7H2. The quantitative estimate of drug-likeness (QED) is 0.837. The summed E-state index contributed by atoms with van der Waals surface area (Å²) in [5.74, 6) is -0.0585. The highest BCUT2D eigenvalue weighted by Crippen LogP contribution is 2.14. The van der Waals surface area contributed by atoms with Gasteiger partial charge in [-0.25, -0.2) is 8.42 Å². The Morgan fingerprint density at radius 3 is 2.31 bits per heavy atom. The highest BCUT2D eigenvalue weighted by Gasteiger charge is 2.13. The third-order valence-electron chi connectivity index (χ3n) is 1.45. The van der Waals surface area contributed by atoms with E-state index in [2.05, 4.69) is 22.5 Å². The van der Waals surface area contributed by atoms with Crippen LogP contribution in [0.3, 0.4) is 0 Å². The molecule has 0 atom stereocenters. The minimum atomic E-state index is -3.21. The molecule has 0 saturated heterocycles. The maximum absolute atomic E-state index is 11.6. The lowest BCUT2D eigenvalue weighted by atomic mass is 10.4. The number of hydrogen-bond acceptors (Lipinski definition) is 2. The Kier molecular flexibility index (Phi) is 3.27. The van der Waals surface area contributed by atoms with Gasteiger partial charge in [-0.3, -0.25) is 0 Å². The first-order valence-electron chi connectivity index (χ1n) is 3.63. The molecule has 0 amide bonds. The summed E-state index contributed by atoms with van der Waals surface area (Å²) in [5.41, 5.74) is 0. The Hall–Kier alpha value is -0.610. The average Bonchev–Trinajstić information content (AvgIpc) is 2.04. The SMILES string of the molecule is C=C(Br)CS(=O)(=O)c1ccccc1. The third-order valence-corrected chi connectivity index (χ3v) is 3.82. The van der Waals surface area contributed by atoms with Crippen molar-refractivity contribution in [1.29, 1.82) is 0 Å². The van der Waals surface area contributed by atoms with Gasteiger partial charge in [-0.05, 0) is 12.1 Å². The number of sulfone groups is 1. The van der Waals surface area contributed by atoms with Crippen LogP contribution in [-0.2, 0) is 9.84 Å². The Morgan fingerprint density at radius 2 is 1.85 bits per heavy atom. The van der Waals surface area contributed by atoms with Crippen LogP contribution in [0.5, 0.6) is 0 Å². The van der Waals surface area contributed by atoms with Crippen molar-refractivity contribution in [2.24, 2.45) is 0 Å². The van der Waals surface area contributed by atoms with Crippen molar-refractivity contribution in [3.63, 3.8) is 0 Å². The van der Waals surface area contributed by atoms with Crippen LogP contribution in [0.25, 0.3) is 0 Å². The van der Waals surface area contributed by atoms with Crippen LogP contribution in [-0.4, -0.2) is 14.2 Å². The summed E-state index contributed by atoms with van der Waals surface area (Å²) in [4.78, 5) is 0.329. The number of rotatable bonds is 3. The molecule has 1 aromatic carbocycles. The monoisotopic (exact) mass is 260 g/mol. The second-order valence-electron chi connectivity index (χ2n) is 2.59. The van der Waals surface area contributed by atoms with Gasteiger partial charge in [0.2, 0.25) is 0 Å². The van der Waals surface area contributed by atoms with Crippen molar-refractivity contribution in [2.45, 2.75) is 4.90 Å². The molecular weight excluding hydrogens is 252 g/mol. The maximum atomic E-state index is 11.6. The van der Waals surface area contributed by atoms with E-state index >= 15 is 0 Å². The van der Waals surface area contributed by atoms with Gasteiger partial charge in [0.15, 0.2) is 9.84 Å². The highest BCUT2D eigenvalue weighted by molar-refractivity contribution is 9.11. The summed E-state index contributed by atoms with van der Waals surface area (Å²) >= 11 is 3.03. The van der Waals surface area contributed by atoms with Crippen molar-refractivity contribution >= 4 is 25.8 Å². The van der Waals surface area contributed by atoms with Gasteiger partial charge in [0.05, 0.1) is 10.6 Å². The summed E-state index contributed by atoms with van der Waals surface area (Å²) in [7, 11) is -3.21. The zero-order valence-electron chi connectivity index (χ0n) is 6.90. The minimum absolute atomic E-state index is 0.0585. The van der Waals surface area contributed by atoms with Gasteiger partial charge < -0.3 is 0 Å². The molecule has 0 fully saturated rings. The number of halogens is 1. The summed E-state index contributed by atoms with van der Waals surface area (Å²) in [6.07, 6.45) is 0. The number of hydrogen-bond donors (Lipinski definition) is 0.